The summed E-state index contributed by atoms with van der Waals surface area (Å²) in [5, 5.41) is 10.4. The maximum Gasteiger partial charge on any atom is 0.239 e. The van der Waals surface area contributed by atoms with Gasteiger partial charge in [-0.15, -0.1) is 0 Å². The lowest BCUT2D eigenvalue weighted by molar-refractivity contribution is -0.138. The summed E-state index contributed by atoms with van der Waals surface area (Å²) in [4.78, 5) is 13.6. The van der Waals surface area contributed by atoms with Crippen molar-refractivity contribution in [1.82, 2.24) is 4.90 Å². The van der Waals surface area contributed by atoms with E-state index >= 15 is 0 Å². The van der Waals surface area contributed by atoms with Crippen LogP contribution in [0.4, 0.5) is 0 Å². The zero-order chi connectivity index (χ0) is 14.3. The van der Waals surface area contributed by atoms with E-state index in [1.807, 2.05) is 0 Å². The van der Waals surface area contributed by atoms with Crippen LogP contribution in [-0.2, 0) is 14.3 Å². The third kappa shape index (κ3) is 5.44. The lowest BCUT2D eigenvalue weighted by Gasteiger charge is -2.36. The SMILES string of the molecule is COCCCC(N)C(=O)N(C)CC1(O)CCOCC1. The normalized spacial score (nSPS) is 20.0. The first-order valence-corrected chi connectivity index (χ1v) is 6.78. The van der Waals surface area contributed by atoms with Gasteiger partial charge in [0.25, 0.3) is 0 Å². The van der Waals surface area contributed by atoms with E-state index in [0.29, 0.717) is 45.6 Å². The number of carbonyl (C=O) groups excluding carboxylic acids is 1. The largest absolute Gasteiger partial charge is 0.388 e. The van der Waals surface area contributed by atoms with Gasteiger partial charge in [-0.3, -0.25) is 4.79 Å². The predicted molar refractivity (Wildman–Crippen MR) is 71.7 cm³/mol. The first kappa shape index (κ1) is 16.4. The number of nitrogens with zero attached hydrogens (tertiary/aromatic N) is 1. The molecule has 1 rings (SSSR count). The molecule has 0 aromatic carbocycles. The third-order valence-electron chi connectivity index (χ3n) is 3.51. The average Bonchev–Trinajstić information content (AvgIpc) is 2.38. The molecule has 3 N–H and O–H groups in total. The Bertz CT molecular complexity index is 280. The Morgan fingerprint density at radius 1 is 1.53 bits per heavy atom. The minimum Gasteiger partial charge on any atom is -0.388 e. The monoisotopic (exact) mass is 274 g/mol. The minimum atomic E-state index is -0.838. The van der Waals surface area contributed by atoms with Gasteiger partial charge in [0.15, 0.2) is 0 Å². The van der Waals surface area contributed by atoms with Crippen LogP contribution in [0.1, 0.15) is 25.7 Å². The van der Waals surface area contributed by atoms with Crippen LogP contribution in [0.3, 0.4) is 0 Å². The van der Waals surface area contributed by atoms with Gasteiger partial charge in [0.2, 0.25) is 5.91 Å². The zero-order valence-electron chi connectivity index (χ0n) is 11.9. The predicted octanol–water partition coefficient (Wildman–Crippen LogP) is -0.260. The highest BCUT2D eigenvalue weighted by atomic mass is 16.5. The standard InChI is InChI=1S/C13H26N2O4/c1-15(10-13(17)5-8-19-9-6-13)12(16)11(14)4-3-7-18-2/h11,17H,3-10,14H2,1-2H3. The topological polar surface area (TPSA) is 85.0 Å². The van der Waals surface area contributed by atoms with Crippen LogP contribution in [-0.4, -0.2) is 68.1 Å². The Kier molecular flexibility index (Phi) is 6.71. The molecule has 1 aliphatic rings. The van der Waals surface area contributed by atoms with Crippen molar-refractivity contribution in [3.63, 3.8) is 0 Å². The van der Waals surface area contributed by atoms with Crippen molar-refractivity contribution in [3.8, 4) is 0 Å². The number of hydrogen-bond acceptors (Lipinski definition) is 5. The summed E-state index contributed by atoms with van der Waals surface area (Å²) in [5.74, 6) is -0.129. The molecule has 0 bridgehead atoms. The van der Waals surface area contributed by atoms with E-state index in [0.717, 1.165) is 6.42 Å². The fourth-order valence-corrected chi connectivity index (χ4v) is 2.28. The third-order valence-corrected chi connectivity index (χ3v) is 3.51. The molecule has 1 fully saturated rings. The molecule has 112 valence electrons. The van der Waals surface area contributed by atoms with Crippen molar-refractivity contribution in [2.45, 2.75) is 37.3 Å². The summed E-state index contributed by atoms with van der Waals surface area (Å²) >= 11 is 0. The number of hydrogen-bond donors (Lipinski definition) is 2. The molecule has 1 atom stereocenters. The second-order valence-corrected chi connectivity index (χ2v) is 5.27. The van der Waals surface area contributed by atoms with E-state index in [1.54, 1.807) is 14.2 Å². The Hall–Kier alpha value is -0.690. The van der Waals surface area contributed by atoms with Crippen LogP contribution >= 0.6 is 0 Å². The summed E-state index contributed by atoms with van der Waals surface area (Å²) < 4.78 is 10.2. The summed E-state index contributed by atoms with van der Waals surface area (Å²) in [5.41, 5.74) is 5.02. The molecule has 0 aliphatic carbocycles. The number of amides is 1. The first-order valence-electron chi connectivity index (χ1n) is 6.78. The molecule has 1 heterocycles. The number of aliphatic hydroxyl groups is 1. The van der Waals surface area contributed by atoms with Crippen LogP contribution < -0.4 is 5.73 Å². The zero-order valence-corrected chi connectivity index (χ0v) is 11.9. The molecular formula is C13H26N2O4. The fourth-order valence-electron chi connectivity index (χ4n) is 2.28. The highest BCUT2D eigenvalue weighted by Gasteiger charge is 2.33. The Labute approximate surface area is 114 Å². The number of ether oxygens (including phenoxy) is 2. The molecule has 0 saturated carbocycles. The molecule has 1 amide bonds. The van der Waals surface area contributed by atoms with Gasteiger partial charge < -0.3 is 25.2 Å². The van der Waals surface area contributed by atoms with Crippen molar-refractivity contribution in [2.24, 2.45) is 5.73 Å². The minimum absolute atomic E-state index is 0.129. The van der Waals surface area contributed by atoms with Gasteiger partial charge in [0.1, 0.15) is 0 Å². The summed E-state index contributed by atoms with van der Waals surface area (Å²) in [6.45, 7) is 2.00. The summed E-state index contributed by atoms with van der Waals surface area (Å²) in [7, 11) is 3.31. The van der Waals surface area contributed by atoms with E-state index in [9.17, 15) is 9.90 Å². The quantitative estimate of drug-likeness (QED) is 0.625. The number of rotatable bonds is 7. The van der Waals surface area contributed by atoms with E-state index in [1.165, 1.54) is 4.90 Å². The smallest absolute Gasteiger partial charge is 0.239 e. The highest BCUT2D eigenvalue weighted by Crippen LogP contribution is 2.21. The van der Waals surface area contributed by atoms with Crippen LogP contribution in [0.5, 0.6) is 0 Å². The van der Waals surface area contributed by atoms with Crippen molar-refractivity contribution < 1.29 is 19.4 Å². The number of methoxy groups -OCH3 is 1. The van der Waals surface area contributed by atoms with Crippen molar-refractivity contribution in [3.05, 3.63) is 0 Å². The van der Waals surface area contributed by atoms with E-state index < -0.39 is 11.6 Å². The molecule has 6 heteroatoms. The van der Waals surface area contributed by atoms with Gasteiger partial charge in [-0.2, -0.15) is 0 Å². The van der Waals surface area contributed by atoms with Gasteiger partial charge in [0.05, 0.1) is 11.6 Å². The number of carbonyl (C=O) groups is 1. The fraction of sp³-hybridized carbons (Fsp3) is 0.923. The number of likely N-dealkylation sites (N-methyl/N-ethyl adjacent to an activating group) is 1. The van der Waals surface area contributed by atoms with E-state index in [4.69, 9.17) is 15.2 Å². The Balaban J connectivity index is 2.38. The van der Waals surface area contributed by atoms with Crippen LogP contribution in [0, 0.1) is 0 Å². The number of nitrogens with two attached hydrogens (primary N) is 1. The van der Waals surface area contributed by atoms with Crippen molar-refractivity contribution in [2.75, 3.05) is 40.5 Å². The highest BCUT2D eigenvalue weighted by molar-refractivity contribution is 5.81. The summed E-state index contributed by atoms with van der Waals surface area (Å²) in [6, 6.07) is -0.524. The Morgan fingerprint density at radius 3 is 2.74 bits per heavy atom. The van der Waals surface area contributed by atoms with Gasteiger partial charge >= 0.3 is 0 Å². The second kappa shape index (κ2) is 7.79. The molecule has 19 heavy (non-hydrogen) atoms. The molecule has 1 saturated heterocycles. The maximum atomic E-state index is 12.1. The molecular weight excluding hydrogens is 248 g/mol. The average molecular weight is 274 g/mol. The first-order chi connectivity index (χ1) is 8.98. The van der Waals surface area contributed by atoms with Gasteiger partial charge in [-0.25, -0.2) is 0 Å². The molecule has 0 aromatic rings. The molecule has 1 aliphatic heterocycles. The van der Waals surface area contributed by atoms with Gasteiger partial charge in [0, 0.05) is 53.4 Å². The maximum absolute atomic E-state index is 12.1. The molecule has 6 nitrogen and oxygen atoms in total. The van der Waals surface area contributed by atoms with Gasteiger partial charge in [-0.1, -0.05) is 0 Å². The van der Waals surface area contributed by atoms with E-state index in [-0.39, 0.29) is 5.91 Å². The molecule has 0 spiro atoms. The molecule has 0 aromatic heterocycles. The lowest BCUT2D eigenvalue weighted by Crippen LogP contribution is -2.51. The molecule has 0 radical (unpaired) electrons. The van der Waals surface area contributed by atoms with Crippen molar-refractivity contribution >= 4 is 5.91 Å². The molecule has 1 unspecified atom stereocenters. The second-order valence-electron chi connectivity index (χ2n) is 5.27. The van der Waals surface area contributed by atoms with Crippen LogP contribution in [0.2, 0.25) is 0 Å². The van der Waals surface area contributed by atoms with Gasteiger partial charge in [-0.05, 0) is 12.8 Å². The van der Waals surface area contributed by atoms with Crippen LogP contribution in [0.15, 0.2) is 0 Å². The Morgan fingerprint density at radius 2 is 2.16 bits per heavy atom. The van der Waals surface area contributed by atoms with Crippen LogP contribution in [0.25, 0.3) is 0 Å². The lowest BCUT2D eigenvalue weighted by atomic mass is 9.93. The van der Waals surface area contributed by atoms with Crippen molar-refractivity contribution in [1.29, 1.82) is 0 Å². The van der Waals surface area contributed by atoms with E-state index in [2.05, 4.69) is 0 Å². The summed E-state index contributed by atoms with van der Waals surface area (Å²) in [6.07, 6.45) is 2.47.